The Balaban J connectivity index is 3.42. The Morgan fingerprint density at radius 2 is 1.03 bits per heavy atom. The molecule has 6 heteroatoms. The minimum absolute atomic E-state index is 0.218. The number of phosphoric ester groups is 1. The third-order valence-electron chi connectivity index (χ3n) is 6.42. The average Bonchev–Trinajstić information content (AvgIpc) is 2.75. The summed E-state index contributed by atoms with van der Waals surface area (Å²) >= 11 is 0. The fourth-order valence-electron chi connectivity index (χ4n) is 4.24. The number of nitrogens with one attached hydrogen (secondary N) is 1. The molecular formula is C26H56NO4P. The van der Waals surface area contributed by atoms with Crippen molar-refractivity contribution in [1.82, 2.24) is 0 Å². The SMILES string of the molecule is CCCCCCCCCCCCCCCCCCOP(=O)([O-])OCCC(CCC)[NH+](C)C. The van der Waals surface area contributed by atoms with E-state index in [0.717, 1.165) is 38.5 Å². The van der Waals surface area contributed by atoms with Crippen LogP contribution in [-0.4, -0.2) is 33.4 Å². The summed E-state index contributed by atoms with van der Waals surface area (Å²) in [5.74, 6) is 0. The first kappa shape index (κ1) is 32.1. The maximum atomic E-state index is 11.9. The van der Waals surface area contributed by atoms with Crippen molar-refractivity contribution >= 4 is 7.82 Å². The van der Waals surface area contributed by atoms with E-state index in [2.05, 4.69) is 27.9 Å². The number of rotatable bonds is 25. The molecule has 0 aliphatic heterocycles. The highest BCUT2D eigenvalue weighted by atomic mass is 31.2. The zero-order valence-corrected chi connectivity index (χ0v) is 22.9. The summed E-state index contributed by atoms with van der Waals surface area (Å²) in [6.45, 7) is 4.89. The number of phosphoric acid groups is 1. The van der Waals surface area contributed by atoms with E-state index in [0.29, 0.717) is 6.04 Å². The van der Waals surface area contributed by atoms with Crippen LogP contribution in [0.25, 0.3) is 0 Å². The van der Waals surface area contributed by atoms with E-state index in [1.807, 2.05) is 0 Å². The predicted octanol–water partition coefficient (Wildman–Crippen LogP) is 6.45. The summed E-state index contributed by atoms with van der Waals surface area (Å²) in [4.78, 5) is 13.2. The molecule has 0 heterocycles. The van der Waals surface area contributed by atoms with Crippen LogP contribution in [0.1, 0.15) is 136 Å². The van der Waals surface area contributed by atoms with Gasteiger partial charge in [-0.3, -0.25) is 4.57 Å². The van der Waals surface area contributed by atoms with Crippen LogP contribution in [0.4, 0.5) is 0 Å². The van der Waals surface area contributed by atoms with E-state index in [1.54, 1.807) is 0 Å². The highest BCUT2D eigenvalue weighted by Gasteiger charge is 2.16. The van der Waals surface area contributed by atoms with E-state index >= 15 is 0 Å². The van der Waals surface area contributed by atoms with Gasteiger partial charge in [0.2, 0.25) is 0 Å². The van der Waals surface area contributed by atoms with E-state index in [1.165, 1.54) is 88.4 Å². The third kappa shape index (κ3) is 21.9. The second kappa shape index (κ2) is 22.8. The molecule has 32 heavy (non-hydrogen) atoms. The molecule has 194 valence electrons. The largest absolute Gasteiger partial charge is 0.756 e. The van der Waals surface area contributed by atoms with Crippen LogP contribution < -0.4 is 9.79 Å². The Morgan fingerprint density at radius 3 is 1.44 bits per heavy atom. The van der Waals surface area contributed by atoms with E-state index in [9.17, 15) is 9.46 Å². The summed E-state index contributed by atoms with van der Waals surface area (Å²) in [7, 11) is 0.0572. The van der Waals surface area contributed by atoms with Gasteiger partial charge in [-0.25, -0.2) is 0 Å². The van der Waals surface area contributed by atoms with Crippen molar-refractivity contribution in [2.24, 2.45) is 0 Å². The van der Waals surface area contributed by atoms with Crippen LogP contribution in [0.15, 0.2) is 0 Å². The van der Waals surface area contributed by atoms with Crippen LogP contribution in [0.5, 0.6) is 0 Å². The lowest BCUT2D eigenvalue weighted by Gasteiger charge is -2.25. The van der Waals surface area contributed by atoms with Crippen LogP contribution in [0, 0.1) is 0 Å². The van der Waals surface area contributed by atoms with Gasteiger partial charge in [-0.15, -0.1) is 0 Å². The lowest BCUT2D eigenvalue weighted by molar-refractivity contribution is -0.886. The molecule has 0 aromatic rings. The molecule has 0 aliphatic rings. The van der Waals surface area contributed by atoms with Crippen molar-refractivity contribution in [3.8, 4) is 0 Å². The minimum Gasteiger partial charge on any atom is -0.756 e. The summed E-state index contributed by atoms with van der Waals surface area (Å²) in [6.07, 6.45) is 23.8. The van der Waals surface area contributed by atoms with Crippen molar-refractivity contribution in [2.45, 2.75) is 142 Å². The number of unbranched alkanes of at least 4 members (excludes halogenated alkanes) is 15. The second-order valence-electron chi connectivity index (χ2n) is 9.77. The Hall–Kier alpha value is 0.0700. The standard InChI is InChI=1S/C26H56NO4P/c1-5-7-8-9-10-11-12-13-14-15-16-17-18-19-20-21-24-30-32(28,29)31-25-23-26(22-6-2)27(3)4/h26H,5-25H2,1-4H3,(H,28,29). The lowest BCUT2D eigenvalue weighted by atomic mass is 10.0. The Kier molecular flexibility index (Phi) is 22.9. The van der Waals surface area contributed by atoms with Crippen molar-refractivity contribution in [3.05, 3.63) is 0 Å². The fourth-order valence-corrected chi connectivity index (χ4v) is 5.00. The van der Waals surface area contributed by atoms with Gasteiger partial charge in [-0.05, 0) is 12.8 Å². The van der Waals surface area contributed by atoms with E-state index in [4.69, 9.17) is 9.05 Å². The first-order valence-corrected chi connectivity index (χ1v) is 15.3. The highest BCUT2D eigenvalue weighted by molar-refractivity contribution is 7.45. The van der Waals surface area contributed by atoms with Gasteiger partial charge in [0.05, 0.1) is 33.4 Å². The Morgan fingerprint density at radius 1 is 0.625 bits per heavy atom. The second-order valence-corrected chi connectivity index (χ2v) is 11.2. The van der Waals surface area contributed by atoms with Gasteiger partial charge in [0, 0.05) is 6.42 Å². The topological polar surface area (TPSA) is 63.0 Å². The summed E-state index contributed by atoms with van der Waals surface area (Å²) in [6, 6.07) is 0.431. The van der Waals surface area contributed by atoms with Gasteiger partial charge in [-0.1, -0.05) is 117 Å². The fraction of sp³-hybridized carbons (Fsp3) is 1.00. The van der Waals surface area contributed by atoms with Gasteiger partial charge < -0.3 is 18.8 Å². The Labute approximate surface area is 200 Å². The summed E-state index contributed by atoms with van der Waals surface area (Å²) < 4.78 is 21.9. The summed E-state index contributed by atoms with van der Waals surface area (Å²) in [5.41, 5.74) is 0. The minimum atomic E-state index is -4.15. The maximum Gasteiger partial charge on any atom is 0.267 e. The smallest absolute Gasteiger partial charge is 0.267 e. The van der Waals surface area contributed by atoms with Gasteiger partial charge in [0.15, 0.2) is 0 Å². The molecule has 0 saturated carbocycles. The van der Waals surface area contributed by atoms with Gasteiger partial charge in [0.1, 0.15) is 0 Å². The molecule has 0 aromatic carbocycles. The van der Waals surface area contributed by atoms with E-state index < -0.39 is 7.82 Å². The van der Waals surface area contributed by atoms with Crippen molar-refractivity contribution < 1.29 is 23.4 Å². The quantitative estimate of drug-likeness (QED) is 0.121. The molecule has 5 nitrogen and oxygen atoms in total. The molecular weight excluding hydrogens is 421 g/mol. The molecule has 0 radical (unpaired) electrons. The average molecular weight is 478 g/mol. The maximum absolute atomic E-state index is 11.9. The molecule has 2 unspecified atom stereocenters. The molecule has 1 N–H and O–H groups in total. The molecule has 0 fully saturated rings. The van der Waals surface area contributed by atoms with Crippen LogP contribution in [-0.2, 0) is 13.6 Å². The van der Waals surface area contributed by atoms with Crippen LogP contribution >= 0.6 is 7.82 Å². The number of hydrogen-bond donors (Lipinski definition) is 1. The number of quaternary nitrogens is 1. The molecule has 0 aliphatic carbocycles. The van der Waals surface area contributed by atoms with Crippen molar-refractivity contribution in [1.29, 1.82) is 0 Å². The predicted molar refractivity (Wildman–Crippen MR) is 135 cm³/mol. The van der Waals surface area contributed by atoms with Gasteiger partial charge >= 0.3 is 0 Å². The summed E-state index contributed by atoms with van der Waals surface area (Å²) in [5, 5.41) is 0. The number of hydrogen-bond acceptors (Lipinski definition) is 4. The van der Waals surface area contributed by atoms with Gasteiger partial charge in [0.25, 0.3) is 7.82 Å². The first-order chi connectivity index (χ1) is 15.4. The zero-order chi connectivity index (χ0) is 23.9. The van der Waals surface area contributed by atoms with Crippen molar-refractivity contribution in [3.63, 3.8) is 0 Å². The Bertz CT molecular complexity index is 434. The molecule has 0 bridgehead atoms. The third-order valence-corrected chi connectivity index (χ3v) is 7.41. The van der Waals surface area contributed by atoms with E-state index in [-0.39, 0.29) is 13.2 Å². The lowest BCUT2D eigenvalue weighted by Crippen LogP contribution is -3.10. The molecule has 0 aromatic heterocycles. The van der Waals surface area contributed by atoms with Gasteiger partial charge in [-0.2, -0.15) is 0 Å². The normalized spacial score (nSPS) is 14.7. The molecule has 0 saturated heterocycles. The van der Waals surface area contributed by atoms with Crippen molar-refractivity contribution in [2.75, 3.05) is 27.3 Å². The monoisotopic (exact) mass is 477 g/mol. The molecule has 2 atom stereocenters. The zero-order valence-electron chi connectivity index (χ0n) is 22.0. The van der Waals surface area contributed by atoms with Crippen LogP contribution in [0.3, 0.4) is 0 Å². The first-order valence-electron chi connectivity index (χ1n) is 13.8. The highest BCUT2D eigenvalue weighted by Crippen LogP contribution is 2.38. The molecule has 0 amide bonds. The van der Waals surface area contributed by atoms with Crippen LogP contribution in [0.2, 0.25) is 0 Å². The molecule has 0 rings (SSSR count). The molecule has 0 spiro atoms.